The topological polar surface area (TPSA) is 127 Å². The predicted octanol–water partition coefficient (Wildman–Crippen LogP) is 0.421. The van der Waals surface area contributed by atoms with Crippen LogP contribution in [0.15, 0.2) is 39.9 Å². The average molecular weight is 346 g/mol. The number of aromatic nitrogens is 2. The summed E-state index contributed by atoms with van der Waals surface area (Å²) >= 11 is 0. The standard InChI is InChI=1S/C17H22N4O4/c22-15-9-14(20-17(25)21-15)11-19-8-2-1-7-18-10-12-3-5-13(6-4-12)16(23)24/h3-6,9,18-19H,1-2,7-8,10-11H2,(H,23,24)(H2,20,21,22,25). The van der Waals surface area contributed by atoms with Gasteiger partial charge in [0.15, 0.2) is 0 Å². The summed E-state index contributed by atoms with van der Waals surface area (Å²) in [5.74, 6) is -0.920. The Labute approximate surface area is 144 Å². The third-order valence-corrected chi connectivity index (χ3v) is 3.62. The summed E-state index contributed by atoms with van der Waals surface area (Å²) in [6.45, 7) is 2.78. The van der Waals surface area contributed by atoms with E-state index in [0.717, 1.165) is 31.5 Å². The number of H-pyrrole nitrogens is 2. The Hall–Kier alpha value is -2.71. The number of carboxylic acid groups (broad SMARTS) is 1. The zero-order chi connectivity index (χ0) is 18.1. The van der Waals surface area contributed by atoms with Crippen LogP contribution < -0.4 is 21.9 Å². The molecule has 1 aromatic carbocycles. The number of hydrogen-bond acceptors (Lipinski definition) is 5. The fraction of sp³-hybridized carbons (Fsp3) is 0.353. The van der Waals surface area contributed by atoms with E-state index in [4.69, 9.17) is 5.11 Å². The van der Waals surface area contributed by atoms with Crippen LogP contribution in [0.25, 0.3) is 0 Å². The molecule has 0 saturated carbocycles. The highest BCUT2D eigenvalue weighted by Crippen LogP contribution is 2.04. The van der Waals surface area contributed by atoms with Crippen LogP contribution in [0, 0.1) is 0 Å². The third kappa shape index (κ3) is 6.74. The molecule has 0 amide bonds. The average Bonchev–Trinajstić information content (AvgIpc) is 2.57. The summed E-state index contributed by atoms with van der Waals surface area (Å²) in [6, 6.07) is 8.18. The SMILES string of the molecule is O=C(O)c1ccc(CNCCCCNCc2cc(=O)[nH]c(=O)[nH]2)cc1. The van der Waals surface area contributed by atoms with Crippen LogP contribution in [0.1, 0.15) is 34.5 Å². The number of unbranched alkanes of at least 4 members (excludes halogenated alkanes) is 1. The Bertz CT molecular complexity index is 767. The zero-order valence-corrected chi connectivity index (χ0v) is 13.8. The molecule has 0 fully saturated rings. The summed E-state index contributed by atoms with van der Waals surface area (Å²) in [6.07, 6.45) is 1.93. The summed E-state index contributed by atoms with van der Waals surface area (Å²) < 4.78 is 0. The summed E-state index contributed by atoms with van der Waals surface area (Å²) in [5.41, 5.74) is 1.00. The van der Waals surface area contributed by atoms with E-state index in [-0.39, 0.29) is 5.56 Å². The van der Waals surface area contributed by atoms with E-state index >= 15 is 0 Å². The highest BCUT2D eigenvalue weighted by molar-refractivity contribution is 5.87. The molecule has 0 bridgehead atoms. The lowest BCUT2D eigenvalue weighted by Crippen LogP contribution is -2.26. The van der Waals surface area contributed by atoms with Crippen molar-refractivity contribution in [1.29, 1.82) is 0 Å². The van der Waals surface area contributed by atoms with Crippen LogP contribution in [0.5, 0.6) is 0 Å². The van der Waals surface area contributed by atoms with Crippen molar-refractivity contribution in [3.8, 4) is 0 Å². The van der Waals surface area contributed by atoms with Crippen molar-refractivity contribution in [2.75, 3.05) is 13.1 Å². The molecule has 1 heterocycles. The number of rotatable bonds is 10. The number of carboxylic acids is 1. The van der Waals surface area contributed by atoms with Gasteiger partial charge in [-0.2, -0.15) is 0 Å². The maximum Gasteiger partial charge on any atom is 0.335 e. The van der Waals surface area contributed by atoms with E-state index in [1.807, 2.05) is 0 Å². The number of nitrogens with one attached hydrogen (secondary N) is 4. The van der Waals surface area contributed by atoms with Crippen molar-refractivity contribution in [1.82, 2.24) is 20.6 Å². The van der Waals surface area contributed by atoms with Gasteiger partial charge in [-0.05, 0) is 43.6 Å². The first-order valence-corrected chi connectivity index (χ1v) is 8.11. The van der Waals surface area contributed by atoms with Crippen molar-refractivity contribution >= 4 is 5.97 Å². The number of carbonyl (C=O) groups is 1. The molecule has 0 aliphatic heterocycles. The zero-order valence-electron chi connectivity index (χ0n) is 13.8. The van der Waals surface area contributed by atoms with Crippen LogP contribution in [-0.4, -0.2) is 34.1 Å². The van der Waals surface area contributed by atoms with Gasteiger partial charge in [0.05, 0.1) is 5.56 Å². The monoisotopic (exact) mass is 346 g/mol. The highest BCUT2D eigenvalue weighted by atomic mass is 16.4. The summed E-state index contributed by atoms with van der Waals surface area (Å²) in [4.78, 5) is 37.7. The van der Waals surface area contributed by atoms with Crippen molar-refractivity contribution in [2.24, 2.45) is 0 Å². The van der Waals surface area contributed by atoms with Gasteiger partial charge in [-0.25, -0.2) is 9.59 Å². The van der Waals surface area contributed by atoms with Gasteiger partial charge in [0, 0.05) is 24.8 Å². The van der Waals surface area contributed by atoms with E-state index in [9.17, 15) is 14.4 Å². The second kappa shape index (κ2) is 9.55. The van der Waals surface area contributed by atoms with Crippen LogP contribution in [0.4, 0.5) is 0 Å². The molecule has 0 aliphatic rings. The van der Waals surface area contributed by atoms with Gasteiger partial charge in [-0.1, -0.05) is 12.1 Å². The lowest BCUT2D eigenvalue weighted by molar-refractivity contribution is 0.0697. The molecule has 0 radical (unpaired) electrons. The maximum absolute atomic E-state index is 11.1. The van der Waals surface area contributed by atoms with Gasteiger partial charge < -0.3 is 20.7 Å². The summed E-state index contributed by atoms with van der Waals surface area (Å²) in [7, 11) is 0. The van der Waals surface area contributed by atoms with Gasteiger partial charge in [0.25, 0.3) is 5.56 Å². The number of benzene rings is 1. The molecule has 0 saturated heterocycles. The molecule has 2 aromatic rings. The molecule has 1 aromatic heterocycles. The molecule has 0 aliphatic carbocycles. The van der Waals surface area contributed by atoms with E-state index in [1.54, 1.807) is 24.3 Å². The van der Waals surface area contributed by atoms with Gasteiger partial charge in [-0.3, -0.25) is 9.78 Å². The lowest BCUT2D eigenvalue weighted by atomic mass is 10.1. The normalized spacial score (nSPS) is 10.7. The molecule has 0 unspecified atom stereocenters. The van der Waals surface area contributed by atoms with Crippen LogP contribution >= 0.6 is 0 Å². The molecule has 2 rings (SSSR count). The van der Waals surface area contributed by atoms with Crippen molar-refractivity contribution in [2.45, 2.75) is 25.9 Å². The fourth-order valence-electron chi connectivity index (χ4n) is 2.34. The van der Waals surface area contributed by atoms with Gasteiger partial charge >= 0.3 is 11.7 Å². The van der Waals surface area contributed by atoms with E-state index in [0.29, 0.717) is 18.8 Å². The Morgan fingerprint density at radius 3 is 2.20 bits per heavy atom. The van der Waals surface area contributed by atoms with Crippen molar-refractivity contribution < 1.29 is 9.90 Å². The molecular weight excluding hydrogens is 324 g/mol. The second-order valence-corrected chi connectivity index (χ2v) is 5.68. The van der Waals surface area contributed by atoms with E-state index < -0.39 is 17.2 Å². The first kappa shape index (κ1) is 18.6. The van der Waals surface area contributed by atoms with Crippen LogP contribution in [-0.2, 0) is 13.1 Å². The van der Waals surface area contributed by atoms with Crippen molar-refractivity contribution in [3.63, 3.8) is 0 Å². The second-order valence-electron chi connectivity index (χ2n) is 5.68. The quantitative estimate of drug-likeness (QED) is 0.397. The maximum atomic E-state index is 11.1. The first-order valence-electron chi connectivity index (χ1n) is 8.11. The smallest absolute Gasteiger partial charge is 0.335 e. The molecule has 0 spiro atoms. The Kier molecular flexibility index (Phi) is 7.12. The number of aromatic carboxylic acids is 1. The Morgan fingerprint density at radius 2 is 1.60 bits per heavy atom. The molecule has 25 heavy (non-hydrogen) atoms. The summed E-state index contributed by atoms with van der Waals surface area (Å²) in [5, 5.41) is 15.3. The first-order chi connectivity index (χ1) is 12.0. The molecule has 8 nitrogen and oxygen atoms in total. The highest BCUT2D eigenvalue weighted by Gasteiger charge is 2.01. The van der Waals surface area contributed by atoms with Crippen LogP contribution in [0.3, 0.4) is 0 Å². The largest absolute Gasteiger partial charge is 0.478 e. The Morgan fingerprint density at radius 1 is 0.960 bits per heavy atom. The van der Waals surface area contributed by atoms with E-state index in [2.05, 4.69) is 20.6 Å². The minimum Gasteiger partial charge on any atom is -0.478 e. The number of aromatic amines is 2. The van der Waals surface area contributed by atoms with Gasteiger partial charge in [-0.15, -0.1) is 0 Å². The Balaban J connectivity index is 1.55. The molecule has 134 valence electrons. The fourth-order valence-corrected chi connectivity index (χ4v) is 2.34. The van der Waals surface area contributed by atoms with E-state index in [1.165, 1.54) is 6.07 Å². The molecule has 8 heteroatoms. The molecule has 5 N–H and O–H groups in total. The van der Waals surface area contributed by atoms with Crippen LogP contribution in [0.2, 0.25) is 0 Å². The minimum absolute atomic E-state index is 0.288. The molecule has 0 atom stereocenters. The number of hydrogen-bond donors (Lipinski definition) is 5. The lowest BCUT2D eigenvalue weighted by Gasteiger charge is -2.07. The predicted molar refractivity (Wildman–Crippen MR) is 93.7 cm³/mol. The van der Waals surface area contributed by atoms with Gasteiger partial charge in [0.2, 0.25) is 0 Å². The van der Waals surface area contributed by atoms with Crippen molar-refractivity contribution in [3.05, 3.63) is 68.0 Å². The molecular formula is C17H22N4O4. The minimum atomic E-state index is -0.920. The van der Waals surface area contributed by atoms with Gasteiger partial charge in [0.1, 0.15) is 0 Å². The third-order valence-electron chi connectivity index (χ3n) is 3.62.